The Labute approximate surface area is 150 Å². The monoisotopic (exact) mass is 357 g/mol. The molecule has 6 nitrogen and oxygen atoms in total. The van der Waals surface area contributed by atoms with E-state index in [0.29, 0.717) is 37.1 Å². The van der Waals surface area contributed by atoms with Gasteiger partial charge in [0.05, 0.1) is 25.3 Å². The molecule has 1 saturated heterocycles. The van der Waals surface area contributed by atoms with Crippen LogP contribution in [-0.2, 0) is 20.7 Å². The van der Waals surface area contributed by atoms with Crippen molar-refractivity contribution < 1.29 is 14.3 Å². The molecule has 0 saturated carbocycles. The minimum Gasteiger partial charge on any atom is -0.378 e. The maximum absolute atomic E-state index is 12.2. The van der Waals surface area contributed by atoms with E-state index in [9.17, 15) is 9.59 Å². The van der Waals surface area contributed by atoms with Gasteiger partial charge in [-0.3, -0.25) is 14.9 Å². The fourth-order valence-electron chi connectivity index (χ4n) is 2.41. The zero-order chi connectivity index (χ0) is 17.5. The molecule has 0 atom stereocenters. The minimum atomic E-state index is -0.246. The third kappa shape index (κ3) is 5.23. The van der Waals surface area contributed by atoms with Crippen molar-refractivity contribution in [2.24, 2.45) is 0 Å². The van der Waals surface area contributed by atoms with Crippen LogP contribution in [0.3, 0.4) is 0 Å². The number of hydrogen-bond acceptors (Lipinski definition) is 5. The molecule has 1 N–H and O–H groups in total. The molecule has 7 heteroatoms. The second-order valence-electron chi connectivity index (χ2n) is 5.55. The van der Waals surface area contributed by atoms with Crippen molar-refractivity contribution in [2.75, 3.05) is 31.6 Å². The number of anilines is 1. The van der Waals surface area contributed by atoms with Gasteiger partial charge in [0.15, 0.2) is 5.13 Å². The quantitative estimate of drug-likeness (QED) is 0.833. The number of amides is 2. The lowest BCUT2D eigenvalue weighted by molar-refractivity contribution is -0.134. The Morgan fingerprint density at radius 2 is 2.00 bits per heavy atom. The molecule has 3 rings (SSSR count). The lowest BCUT2D eigenvalue weighted by Crippen LogP contribution is -2.41. The second-order valence-corrected chi connectivity index (χ2v) is 6.41. The highest BCUT2D eigenvalue weighted by molar-refractivity contribution is 7.14. The molecule has 1 aliphatic rings. The van der Waals surface area contributed by atoms with Crippen molar-refractivity contribution >= 4 is 34.4 Å². The largest absolute Gasteiger partial charge is 0.378 e. The highest BCUT2D eigenvalue weighted by atomic mass is 32.1. The average molecular weight is 357 g/mol. The van der Waals surface area contributed by atoms with Crippen LogP contribution in [0.2, 0.25) is 0 Å². The fraction of sp³-hybridized carbons (Fsp3) is 0.278. The van der Waals surface area contributed by atoms with Crippen molar-refractivity contribution in [1.29, 1.82) is 0 Å². The number of benzene rings is 1. The van der Waals surface area contributed by atoms with E-state index in [1.165, 1.54) is 17.4 Å². The Morgan fingerprint density at radius 3 is 2.76 bits per heavy atom. The van der Waals surface area contributed by atoms with Crippen LogP contribution < -0.4 is 5.32 Å². The van der Waals surface area contributed by atoms with E-state index < -0.39 is 0 Å². The Kier molecular flexibility index (Phi) is 5.92. The molecule has 130 valence electrons. The van der Waals surface area contributed by atoms with Gasteiger partial charge in [0.25, 0.3) is 0 Å². The summed E-state index contributed by atoms with van der Waals surface area (Å²) in [5.41, 5.74) is 1.62. The van der Waals surface area contributed by atoms with E-state index in [4.69, 9.17) is 4.74 Å². The van der Waals surface area contributed by atoms with Crippen LogP contribution in [0, 0.1) is 0 Å². The number of carbonyl (C=O) groups is 2. The number of aromatic nitrogens is 1. The number of nitrogens with one attached hydrogen (secondary N) is 1. The molecule has 0 unspecified atom stereocenters. The van der Waals surface area contributed by atoms with Gasteiger partial charge in [-0.25, -0.2) is 4.98 Å². The molecule has 25 heavy (non-hydrogen) atoms. The van der Waals surface area contributed by atoms with Crippen molar-refractivity contribution in [3.8, 4) is 0 Å². The van der Waals surface area contributed by atoms with Crippen molar-refractivity contribution in [1.82, 2.24) is 9.88 Å². The van der Waals surface area contributed by atoms with Gasteiger partial charge in [-0.05, 0) is 11.6 Å². The summed E-state index contributed by atoms with van der Waals surface area (Å²) in [7, 11) is 0. The molecule has 0 spiro atoms. The molecular formula is C18H19N3O3S. The topological polar surface area (TPSA) is 71.5 Å². The molecule has 1 fully saturated rings. The Morgan fingerprint density at radius 1 is 1.24 bits per heavy atom. The van der Waals surface area contributed by atoms with E-state index >= 15 is 0 Å². The summed E-state index contributed by atoms with van der Waals surface area (Å²) in [5.74, 6) is -0.209. The Hall–Kier alpha value is -2.51. The first-order valence-electron chi connectivity index (χ1n) is 8.05. The first-order chi connectivity index (χ1) is 12.2. The first kappa shape index (κ1) is 17.3. The molecule has 1 aliphatic heterocycles. The fourth-order valence-corrected chi connectivity index (χ4v) is 3.12. The van der Waals surface area contributed by atoms with E-state index in [-0.39, 0.29) is 18.2 Å². The average Bonchev–Trinajstić information content (AvgIpc) is 3.08. The predicted octanol–water partition coefficient (Wildman–Crippen LogP) is 2.20. The maximum atomic E-state index is 12.2. The third-order valence-electron chi connectivity index (χ3n) is 3.70. The summed E-state index contributed by atoms with van der Waals surface area (Å²) in [6.07, 6.45) is 3.45. The standard InChI is InChI=1S/C18H19N3O3S/c22-16(7-6-14-4-2-1-3-5-14)20-18-19-15(13-25-18)12-17(23)21-8-10-24-11-9-21/h1-7,13H,8-12H2,(H,19,20,22)/b7-6+. The van der Waals surface area contributed by atoms with Gasteiger partial charge >= 0.3 is 0 Å². The SMILES string of the molecule is O=C(/C=C/c1ccccc1)Nc1nc(CC(=O)N2CCOCC2)cs1. The number of carbonyl (C=O) groups excluding carboxylic acids is 2. The molecule has 2 aromatic rings. The summed E-state index contributed by atoms with van der Waals surface area (Å²) in [5, 5.41) is 5.02. The molecule has 2 heterocycles. The van der Waals surface area contributed by atoms with Crippen LogP contribution in [0.25, 0.3) is 6.08 Å². The molecule has 0 radical (unpaired) electrons. The number of nitrogens with zero attached hydrogens (tertiary/aromatic N) is 2. The lowest BCUT2D eigenvalue weighted by Gasteiger charge is -2.26. The minimum absolute atomic E-state index is 0.0375. The smallest absolute Gasteiger partial charge is 0.250 e. The number of hydrogen-bond donors (Lipinski definition) is 1. The summed E-state index contributed by atoms with van der Waals surface area (Å²) in [6, 6.07) is 9.59. The lowest BCUT2D eigenvalue weighted by atomic mass is 10.2. The maximum Gasteiger partial charge on any atom is 0.250 e. The van der Waals surface area contributed by atoms with Crippen molar-refractivity contribution in [2.45, 2.75) is 6.42 Å². The zero-order valence-electron chi connectivity index (χ0n) is 13.7. The van der Waals surface area contributed by atoms with E-state index in [1.807, 2.05) is 30.3 Å². The molecular weight excluding hydrogens is 338 g/mol. The predicted molar refractivity (Wildman–Crippen MR) is 97.3 cm³/mol. The highest BCUT2D eigenvalue weighted by Crippen LogP contribution is 2.17. The number of rotatable bonds is 5. The molecule has 1 aromatic carbocycles. The van der Waals surface area contributed by atoms with Crippen LogP contribution in [0.4, 0.5) is 5.13 Å². The summed E-state index contributed by atoms with van der Waals surface area (Å²) < 4.78 is 5.24. The zero-order valence-corrected chi connectivity index (χ0v) is 14.5. The van der Waals surface area contributed by atoms with Gasteiger partial charge < -0.3 is 9.64 Å². The van der Waals surface area contributed by atoms with Gasteiger partial charge in [-0.15, -0.1) is 11.3 Å². The van der Waals surface area contributed by atoms with Gasteiger partial charge in [0.1, 0.15) is 0 Å². The molecule has 0 bridgehead atoms. The molecule has 0 aliphatic carbocycles. The van der Waals surface area contributed by atoms with Gasteiger partial charge in [0, 0.05) is 24.5 Å². The molecule has 2 amide bonds. The van der Waals surface area contributed by atoms with Gasteiger partial charge in [0.2, 0.25) is 11.8 Å². The van der Waals surface area contributed by atoms with E-state index in [2.05, 4.69) is 10.3 Å². The first-order valence-corrected chi connectivity index (χ1v) is 8.93. The number of thiazole rings is 1. The van der Waals surface area contributed by atoms with Crippen LogP contribution >= 0.6 is 11.3 Å². The van der Waals surface area contributed by atoms with Crippen molar-refractivity contribution in [3.63, 3.8) is 0 Å². The third-order valence-corrected chi connectivity index (χ3v) is 4.51. The van der Waals surface area contributed by atoms with E-state index in [1.54, 1.807) is 16.4 Å². The van der Waals surface area contributed by atoms with Crippen LogP contribution in [-0.4, -0.2) is 48.0 Å². The Bertz CT molecular complexity index is 752. The molecule has 1 aromatic heterocycles. The van der Waals surface area contributed by atoms with Gasteiger partial charge in [-0.2, -0.15) is 0 Å². The summed E-state index contributed by atoms with van der Waals surface area (Å²) >= 11 is 1.32. The highest BCUT2D eigenvalue weighted by Gasteiger charge is 2.18. The Balaban J connectivity index is 1.51. The second kappa shape index (κ2) is 8.55. The normalized spacial score (nSPS) is 14.6. The van der Waals surface area contributed by atoms with E-state index in [0.717, 1.165) is 5.56 Å². The number of morpholine rings is 1. The van der Waals surface area contributed by atoms with Crippen molar-refractivity contribution in [3.05, 3.63) is 53.0 Å². The summed E-state index contributed by atoms with van der Waals surface area (Å²) in [4.78, 5) is 30.2. The van der Waals surface area contributed by atoms with Crippen LogP contribution in [0.15, 0.2) is 41.8 Å². The summed E-state index contributed by atoms with van der Waals surface area (Å²) in [6.45, 7) is 2.41. The van der Waals surface area contributed by atoms with Gasteiger partial charge in [-0.1, -0.05) is 30.3 Å². The van der Waals surface area contributed by atoms with Crippen LogP contribution in [0.5, 0.6) is 0 Å². The van der Waals surface area contributed by atoms with Crippen LogP contribution in [0.1, 0.15) is 11.3 Å². The number of ether oxygens (including phenoxy) is 1.